The summed E-state index contributed by atoms with van der Waals surface area (Å²) in [6.45, 7) is 3.12. The first-order valence-electron chi connectivity index (χ1n) is 14.7. The summed E-state index contributed by atoms with van der Waals surface area (Å²) in [6, 6.07) is 0.739. The predicted octanol–water partition coefficient (Wildman–Crippen LogP) is 6.34. The molecule has 2 fully saturated rings. The number of amides is 1. The third kappa shape index (κ3) is 7.86. The van der Waals surface area contributed by atoms with Crippen LogP contribution in [-0.4, -0.2) is 69.2 Å². The molecule has 15 heteroatoms. The van der Waals surface area contributed by atoms with Crippen molar-refractivity contribution in [3.8, 4) is 11.1 Å². The Morgan fingerprint density at radius 3 is 2.20 bits per heavy atom. The lowest BCUT2D eigenvalue weighted by Gasteiger charge is -2.30. The molecule has 3 aromatic rings. The number of aromatic nitrogens is 4. The molecule has 0 unspecified atom stereocenters. The Labute approximate surface area is 256 Å². The van der Waals surface area contributed by atoms with E-state index in [0.29, 0.717) is 43.8 Å². The van der Waals surface area contributed by atoms with Gasteiger partial charge in [0.1, 0.15) is 0 Å². The van der Waals surface area contributed by atoms with Gasteiger partial charge in [-0.1, -0.05) is 6.92 Å². The fraction of sp³-hybridized carbons (Fsp3) is 0.533. The van der Waals surface area contributed by atoms with Crippen molar-refractivity contribution in [1.82, 2.24) is 24.6 Å². The fourth-order valence-electron chi connectivity index (χ4n) is 5.77. The van der Waals surface area contributed by atoms with Crippen LogP contribution >= 0.6 is 0 Å². The van der Waals surface area contributed by atoms with Crippen LogP contribution in [0.3, 0.4) is 0 Å². The summed E-state index contributed by atoms with van der Waals surface area (Å²) < 4.78 is 94.6. The molecule has 1 amide bonds. The fourth-order valence-corrected chi connectivity index (χ4v) is 5.77. The first-order chi connectivity index (χ1) is 21.3. The number of hydrogen-bond donors (Lipinski definition) is 0. The van der Waals surface area contributed by atoms with Crippen LogP contribution in [0.2, 0.25) is 0 Å². The van der Waals surface area contributed by atoms with Gasteiger partial charge in [0.25, 0.3) is 0 Å². The Bertz CT molecular complexity index is 1420. The Hall–Kier alpha value is -3.88. The third-order valence-electron chi connectivity index (χ3n) is 8.26. The second-order valence-electron chi connectivity index (χ2n) is 11.5. The summed E-state index contributed by atoms with van der Waals surface area (Å²) in [6.07, 6.45) is -1.56. The molecule has 2 atom stereocenters. The van der Waals surface area contributed by atoms with E-state index in [1.54, 1.807) is 33.9 Å². The van der Waals surface area contributed by atoms with E-state index in [4.69, 9.17) is 9.47 Å². The number of anilines is 1. The Kier molecular flexibility index (Phi) is 9.56. The largest absolute Gasteiger partial charge is 0.449 e. The van der Waals surface area contributed by atoms with E-state index in [-0.39, 0.29) is 49.2 Å². The molecule has 9 nitrogen and oxygen atoms in total. The van der Waals surface area contributed by atoms with E-state index in [0.717, 1.165) is 18.4 Å². The second-order valence-corrected chi connectivity index (χ2v) is 11.5. The molecule has 244 valence electrons. The molecule has 0 aliphatic carbocycles. The van der Waals surface area contributed by atoms with Crippen LogP contribution in [0.4, 0.5) is 37.1 Å². The lowest BCUT2D eigenvalue weighted by Crippen LogP contribution is -2.41. The monoisotopic (exact) mass is 640 g/mol. The SMILES string of the molecule is CC[C@@H]1C[C@H](N(Cc2cc(C(F)(F)F)cc(C(F)(F)F)c2)c2ncc(-c3cnn(C)c3)cn2)CN1C(=O)OCC1CCOCC1. The average molecular weight is 641 g/mol. The molecule has 0 N–H and O–H groups in total. The number of benzene rings is 1. The van der Waals surface area contributed by atoms with Gasteiger partial charge in [-0.2, -0.15) is 31.4 Å². The molecule has 2 aliphatic rings. The van der Waals surface area contributed by atoms with Crippen LogP contribution in [0, 0.1) is 5.92 Å². The molecule has 5 rings (SSSR count). The van der Waals surface area contributed by atoms with Crippen molar-refractivity contribution in [3.05, 3.63) is 59.7 Å². The highest BCUT2D eigenvalue weighted by molar-refractivity contribution is 5.69. The molecule has 0 radical (unpaired) electrons. The van der Waals surface area contributed by atoms with Gasteiger partial charge in [-0.15, -0.1) is 0 Å². The number of hydrogen-bond acceptors (Lipinski definition) is 7. The van der Waals surface area contributed by atoms with Crippen molar-refractivity contribution in [2.24, 2.45) is 13.0 Å². The zero-order valence-electron chi connectivity index (χ0n) is 24.8. The van der Waals surface area contributed by atoms with Gasteiger partial charge in [0.2, 0.25) is 5.95 Å². The number of carbonyl (C=O) groups excluding carboxylic acids is 1. The summed E-state index contributed by atoms with van der Waals surface area (Å²) in [4.78, 5) is 25.2. The predicted molar refractivity (Wildman–Crippen MR) is 151 cm³/mol. The zero-order chi connectivity index (χ0) is 32.4. The molecule has 4 heterocycles. The number of halogens is 6. The Morgan fingerprint density at radius 2 is 1.64 bits per heavy atom. The van der Waals surface area contributed by atoms with Gasteiger partial charge in [-0.3, -0.25) is 4.68 Å². The summed E-state index contributed by atoms with van der Waals surface area (Å²) >= 11 is 0. The quantitative estimate of drug-likeness (QED) is 0.266. The van der Waals surface area contributed by atoms with Crippen LogP contribution in [0.5, 0.6) is 0 Å². The number of carbonyl (C=O) groups is 1. The molecule has 1 aromatic carbocycles. The number of likely N-dealkylation sites (tertiary alicyclic amines) is 1. The van der Waals surface area contributed by atoms with Gasteiger partial charge in [-0.05, 0) is 55.4 Å². The van der Waals surface area contributed by atoms with Crippen LogP contribution < -0.4 is 4.90 Å². The number of nitrogens with zero attached hydrogens (tertiary/aromatic N) is 6. The minimum Gasteiger partial charge on any atom is -0.449 e. The van der Waals surface area contributed by atoms with E-state index >= 15 is 0 Å². The van der Waals surface area contributed by atoms with E-state index in [1.165, 1.54) is 12.4 Å². The molecule has 0 spiro atoms. The molecular formula is C30H34F6N6O3. The summed E-state index contributed by atoms with van der Waals surface area (Å²) in [5, 5.41) is 4.12. The molecule has 2 aromatic heterocycles. The highest BCUT2D eigenvalue weighted by Crippen LogP contribution is 2.37. The van der Waals surface area contributed by atoms with Gasteiger partial charge >= 0.3 is 18.4 Å². The molecule has 0 saturated carbocycles. The lowest BCUT2D eigenvalue weighted by molar-refractivity contribution is -0.143. The van der Waals surface area contributed by atoms with Crippen LogP contribution in [0.15, 0.2) is 43.0 Å². The van der Waals surface area contributed by atoms with Crippen LogP contribution in [-0.2, 0) is 35.4 Å². The Morgan fingerprint density at radius 1 is 1.00 bits per heavy atom. The van der Waals surface area contributed by atoms with Gasteiger partial charge in [0.05, 0.1) is 30.0 Å². The van der Waals surface area contributed by atoms with Gasteiger partial charge in [0, 0.05) is 69.1 Å². The van der Waals surface area contributed by atoms with Crippen molar-refractivity contribution < 1.29 is 40.6 Å². The minimum absolute atomic E-state index is 0.103. The third-order valence-corrected chi connectivity index (χ3v) is 8.26. The smallest absolute Gasteiger partial charge is 0.416 e. The molecular weight excluding hydrogens is 606 g/mol. The minimum atomic E-state index is -4.99. The van der Waals surface area contributed by atoms with Gasteiger partial charge in [-0.25, -0.2) is 14.8 Å². The van der Waals surface area contributed by atoms with Crippen molar-refractivity contribution in [3.63, 3.8) is 0 Å². The number of rotatable bonds is 8. The summed E-state index contributed by atoms with van der Waals surface area (Å²) in [5.74, 6) is 0.291. The standard InChI is InChI=1S/C30H34F6N6O3/c1-3-25-11-26(17-42(25)28(43)45-18-19-4-6-44-7-5-19)41(27-37-12-21(13-38-27)22-14-39-40(2)16-22)15-20-8-23(29(31,32)33)10-24(9-20)30(34,35)36/h8-10,12-14,16,19,25-26H,3-7,11,15,17-18H2,1-2H3/t25-,26+/m1/s1. The summed E-state index contributed by atoms with van der Waals surface area (Å²) in [7, 11) is 1.75. The molecule has 0 bridgehead atoms. The van der Waals surface area contributed by atoms with Crippen molar-refractivity contribution in [1.29, 1.82) is 0 Å². The molecule has 2 aliphatic heterocycles. The topological polar surface area (TPSA) is 85.6 Å². The molecule has 2 saturated heterocycles. The van der Waals surface area contributed by atoms with Gasteiger partial charge < -0.3 is 19.3 Å². The Balaban J connectivity index is 1.45. The first-order valence-corrected chi connectivity index (χ1v) is 14.7. The average Bonchev–Trinajstić information content (AvgIpc) is 3.65. The van der Waals surface area contributed by atoms with Crippen molar-refractivity contribution >= 4 is 12.0 Å². The van der Waals surface area contributed by atoms with E-state index in [1.807, 2.05) is 6.92 Å². The maximum absolute atomic E-state index is 13.7. The maximum atomic E-state index is 13.7. The number of alkyl halides is 6. The highest BCUT2D eigenvalue weighted by Gasteiger charge is 2.41. The number of aryl methyl sites for hydroxylation is 1. The second kappa shape index (κ2) is 13.2. The first kappa shape index (κ1) is 32.5. The van der Waals surface area contributed by atoms with E-state index in [2.05, 4.69) is 15.1 Å². The summed E-state index contributed by atoms with van der Waals surface area (Å²) in [5.41, 5.74) is -1.67. The van der Waals surface area contributed by atoms with Crippen molar-refractivity contribution in [2.45, 2.75) is 63.6 Å². The number of ether oxygens (including phenoxy) is 2. The zero-order valence-corrected chi connectivity index (χ0v) is 24.8. The lowest BCUT2D eigenvalue weighted by atomic mass is 10.0. The van der Waals surface area contributed by atoms with Crippen LogP contribution in [0.25, 0.3) is 11.1 Å². The van der Waals surface area contributed by atoms with Crippen molar-refractivity contribution in [2.75, 3.05) is 31.3 Å². The van der Waals surface area contributed by atoms with Crippen LogP contribution in [0.1, 0.15) is 49.3 Å². The van der Waals surface area contributed by atoms with Gasteiger partial charge in [0.15, 0.2) is 0 Å². The molecule has 45 heavy (non-hydrogen) atoms. The van der Waals surface area contributed by atoms with E-state index in [9.17, 15) is 31.1 Å². The maximum Gasteiger partial charge on any atom is 0.416 e. The highest BCUT2D eigenvalue weighted by atomic mass is 19.4. The van der Waals surface area contributed by atoms with E-state index < -0.39 is 35.6 Å². The normalized spacial score (nSPS) is 19.6.